The number of carbonyl (C=O) groups is 1. The van der Waals surface area contributed by atoms with Crippen molar-refractivity contribution >= 4 is 5.97 Å². The summed E-state index contributed by atoms with van der Waals surface area (Å²) in [4.78, 5) is 13.6. The molecule has 0 aromatic rings. The van der Waals surface area contributed by atoms with E-state index in [0.717, 1.165) is 45.2 Å². The van der Waals surface area contributed by atoms with Crippen LogP contribution < -0.4 is 5.73 Å². The Morgan fingerprint density at radius 1 is 1.33 bits per heavy atom. The number of hydrogen-bond acceptors (Lipinski definition) is 3. The number of carboxylic acids is 1. The molecule has 4 nitrogen and oxygen atoms in total. The van der Waals surface area contributed by atoms with Gasteiger partial charge >= 0.3 is 5.97 Å². The third-order valence-corrected chi connectivity index (χ3v) is 4.03. The molecular weight excluding hydrogens is 228 g/mol. The average Bonchev–Trinajstić information content (AvgIpc) is 2.46. The number of nitrogens with two attached hydrogens (primary N) is 1. The minimum absolute atomic E-state index is 0.314. The van der Waals surface area contributed by atoms with Crippen molar-refractivity contribution in [3.8, 4) is 0 Å². The van der Waals surface area contributed by atoms with E-state index >= 15 is 0 Å². The summed E-state index contributed by atoms with van der Waals surface area (Å²) < 4.78 is 0. The summed E-state index contributed by atoms with van der Waals surface area (Å²) in [5.41, 5.74) is 5.83. The lowest BCUT2D eigenvalue weighted by Gasteiger charge is -2.28. The summed E-state index contributed by atoms with van der Waals surface area (Å²) in [6.07, 6.45) is 5.95. The lowest BCUT2D eigenvalue weighted by atomic mass is 9.85. The molecular formula is C14H28N2O2. The molecule has 18 heavy (non-hydrogen) atoms. The molecule has 0 amide bonds. The van der Waals surface area contributed by atoms with Crippen molar-refractivity contribution in [1.29, 1.82) is 0 Å². The summed E-state index contributed by atoms with van der Waals surface area (Å²) in [6.45, 7) is 7.04. The van der Waals surface area contributed by atoms with Crippen LogP contribution in [0.5, 0.6) is 0 Å². The van der Waals surface area contributed by atoms with Gasteiger partial charge in [-0.25, -0.2) is 0 Å². The predicted molar refractivity (Wildman–Crippen MR) is 73.5 cm³/mol. The molecule has 1 unspecified atom stereocenters. The Morgan fingerprint density at radius 2 is 2.06 bits per heavy atom. The second kappa shape index (κ2) is 7.10. The van der Waals surface area contributed by atoms with Crippen LogP contribution in [0.15, 0.2) is 0 Å². The first kappa shape index (κ1) is 15.4. The van der Waals surface area contributed by atoms with E-state index in [4.69, 9.17) is 5.73 Å². The summed E-state index contributed by atoms with van der Waals surface area (Å²) in [7, 11) is 0. The number of likely N-dealkylation sites (tertiary alicyclic amines) is 1. The highest BCUT2D eigenvalue weighted by Crippen LogP contribution is 2.30. The van der Waals surface area contributed by atoms with E-state index in [9.17, 15) is 9.90 Å². The van der Waals surface area contributed by atoms with E-state index in [1.807, 2.05) is 0 Å². The number of carboxylic acid groups (broad SMARTS) is 1. The minimum Gasteiger partial charge on any atom is -0.480 e. The minimum atomic E-state index is -0.674. The monoisotopic (exact) mass is 256 g/mol. The van der Waals surface area contributed by atoms with E-state index in [-0.39, 0.29) is 6.04 Å². The number of nitrogens with zero attached hydrogens (tertiary/aromatic N) is 1. The summed E-state index contributed by atoms with van der Waals surface area (Å²) in [5, 5.41) is 9.37. The van der Waals surface area contributed by atoms with Crippen molar-refractivity contribution in [3.63, 3.8) is 0 Å². The van der Waals surface area contributed by atoms with E-state index in [1.54, 1.807) is 0 Å². The quantitative estimate of drug-likeness (QED) is 0.714. The average molecular weight is 256 g/mol. The third-order valence-electron chi connectivity index (χ3n) is 4.03. The molecule has 1 saturated heterocycles. The Bertz CT molecular complexity index is 267. The molecule has 1 atom stereocenters. The molecule has 0 radical (unpaired) electrons. The molecule has 1 heterocycles. The van der Waals surface area contributed by atoms with Crippen molar-refractivity contribution in [3.05, 3.63) is 0 Å². The Kier molecular flexibility index (Phi) is 6.09. The Labute approximate surface area is 111 Å². The zero-order chi connectivity index (χ0) is 13.6. The Morgan fingerprint density at radius 3 is 2.67 bits per heavy atom. The van der Waals surface area contributed by atoms with Crippen molar-refractivity contribution in [2.24, 2.45) is 11.1 Å². The van der Waals surface area contributed by atoms with Crippen LogP contribution in [0.1, 0.15) is 52.4 Å². The van der Waals surface area contributed by atoms with Gasteiger partial charge in [0.1, 0.15) is 6.04 Å². The first-order valence-electron chi connectivity index (χ1n) is 7.13. The zero-order valence-electron chi connectivity index (χ0n) is 11.8. The predicted octanol–water partition coefficient (Wildman–Crippen LogP) is 2.08. The van der Waals surface area contributed by atoms with Crippen LogP contribution in [0.4, 0.5) is 0 Å². The van der Waals surface area contributed by atoms with Gasteiger partial charge in [0.25, 0.3) is 0 Å². The molecule has 0 bridgehead atoms. The zero-order valence-corrected chi connectivity index (χ0v) is 11.8. The molecule has 106 valence electrons. The number of aliphatic carboxylic acids is 1. The normalized spacial score (nSPS) is 22.4. The van der Waals surface area contributed by atoms with Crippen molar-refractivity contribution < 1.29 is 9.90 Å². The van der Waals surface area contributed by atoms with Gasteiger partial charge < -0.3 is 10.8 Å². The Balaban J connectivity index is 2.54. The van der Waals surface area contributed by atoms with Gasteiger partial charge in [0.05, 0.1) is 0 Å². The first-order valence-corrected chi connectivity index (χ1v) is 7.13. The third kappa shape index (κ3) is 4.94. The molecule has 1 aliphatic rings. The van der Waals surface area contributed by atoms with Gasteiger partial charge in [0.2, 0.25) is 0 Å². The van der Waals surface area contributed by atoms with Gasteiger partial charge in [-0.1, -0.05) is 20.3 Å². The molecule has 1 aliphatic heterocycles. The second-order valence-corrected chi connectivity index (χ2v) is 6.19. The van der Waals surface area contributed by atoms with Crippen LogP contribution in [0.2, 0.25) is 0 Å². The van der Waals surface area contributed by atoms with E-state index in [1.165, 1.54) is 6.42 Å². The van der Waals surface area contributed by atoms with Gasteiger partial charge in [-0.2, -0.15) is 0 Å². The summed E-state index contributed by atoms with van der Waals surface area (Å²) in [6, 6.07) is -0.314. The topological polar surface area (TPSA) is 66.6 Å². The van der Waals surface area contributed by atoms with Gasteiger partial charge in [-0.05, 0) is 57.2 Å². The molecule has 3 N–H and O–H groups in total. The molecule has 0 saturated carbocycles. The van der Waals surface area contributed by atoms with Crippen LogP contribution in [-0.2, 0) is 4.79 Å². The van der Waals surface area contributed by atoms with E-state index in [0.29, 0.717) is 12.0 Å². The lowest BCUT2D eigenvalue weighted by molar-refractivity contribution is -0.143. The van der Waals surface area contributed by atoms with Crippen LogP contribution >= 0.6 is 0 Å². The highest BCUT2D eigenvalue weighted by atomic mass is 16.4. The van der Waals surface area contributed by atoms with Gasteiger partial charge in [-0.15, -0.1) is 0 Å². The smallest absolute Gasteiger partial charge is 0.320 e. The number of unbranched alkanes of at least 4 members (excludes halogenated alkanes) is 1. The van der Waals surface area contributed by atoms with Gasteiger partial charge in [-0.3, -0.25) is 9.69 Å². The van der Waals surface area contributed by atoms with Crippen LogP contribution in [0, 0.1) is 5.41 Å². The van der Waals surface area contributed by atoms with Crippen LogP contribution in [0.3, 0.4) is 0 Å². The maximum absolute atomic E-state index is 11.4. The number of rotatable bonds is 6. The van der Waals surface area contributed by atoms with Crippen LogP contribution in [0.25, 0.3) is 0 Å². The van der Waals surface area contributed by atoms with Crippen LogP contribution in [-0.4, -0.2) is 41.7 Å². The molecule has 1 fully saturated rings. The Hall–Kier alpha value is -0.610. The van der Waals surface area contributed by atoms with E-state index < -0.39 is 5.97 Å². The maximum atomic E-state index is 11.4. The second-order valence-electron chi connectivity index (χ2n) is 6.19. The highest BCUT2D eigenvalue weighted by Gasteiger charge is 2.29. The van der Waals surface area contributed by atoms with Gasteiger partial charge in [0.15, 0.2) is 0 Å². The first-order chi connectivity index (χ1) is 8.46. The highest BCUT2D eigenvalue weighted by molar-refractivity contribution is 5.73. The van der Waals surface area contributed by atoms with Crippen molar-refractivity contribution in [2.75, 3.05) is 19.6 Å². The summed E-state index contributed by atoms with van der Waals surface area (Å²) >= 11 is 0. The van der Waals surface area contributed by atoms with Crippen molar-refractivity contribution in [1.82, 2.24) is 4.90 Å². The van der Waals surface area contributed by atoms with E-state index in [2.05, 4.69) is 18.7 Å². The maximum Gasteiger partial charge on any atom is 0.320 e. The fraction of sp³-hybridized carbons (Fsp3) is 0.929. The molecule has 0 aliphatic carbocycles. The standard InChI is InChI=1S/C14H28N2O2/c1-14(2)7-5-10-16(11-8-14)12(13(17)18)6-3-4-9-15/h12H,3-11,15H2,1-2H3,(H,17,18). The van der Waals surface area contributed by atoms with Crippen molar-refractivity contribution in [2.45, 2.75) is 58.4 Å². The molecule has 1 rings (SSSR count). The fourth-order valence-corrected chi connectivity index (χ4v) is 2.70. The molecule has 4 heteroatoms. The number of hydrogen-bond donors (Lipinski definition) is 2. The van der Waals surface area contributed by atoms with Gasteiger partial charge in [0, 0.05) is 0 Å². The fourth-order valence-electron chi connectivity index (χ4n) is 2.70. The largest absolute Gasteiger partial charge is 0.480 e. The summed E-state index contributed by atoms with van der Waals surface area (Å²) in [5.74, 6) is -0.674. The molecule has 0 spiro atoms. The molecule has 0 aromatic carbocycles. The lowest BCUT2D eigenvalue weighted by Crippen LogP contribution is -2.42. The molecule has 0 aromatic heterocycles. The SMILES string of the molecule is CC1(C)CCCN(C(CCCCN)C(=O)O)CC1.